The predicted molar refractivity (Wildman–Crippen MR) is 98.0 cm³/mol. The number of nitrogens with zero attached hydrogens (tertiary/aromatic N) is 4. The third-order valence-corrected chi connectivity index (χ3v) is 4.17. The molecule has 3 aromatic rings. The summed E-state index contributed by atoms with van der Waals surface area (Å²) in [6.07, 6.45) is 3.10. The van der Waals surface area contributed by atoms with Crippen LogP contribution in [0.15, 0.2) is 36.7 Å². The number of hydrogen-bond donors (Lipinski definition) is 2. The molecule has 27 heavy (non-hydrogen) atoms. The van der Waals surface area contributed by atoms with Gasteiger partial charge in [0.05, 0.1) is 29.8 Å². The second-order valence-electron chi connectivity index (χ2n) is 6.32. The highest BCUT2D eigenvalue weighted by molar-refractivity contribution is 5.95. The maximum Gasteiger partial charge on any atom is 0.255 e. The molecule has 2 N–H and O–H groups in total. The fourth-order valence-corrected chi connectivity index (χ4v) is 2.62. The van der Waals surface area contributed by atoms with Crippen LogP contribution in [0.4, 0.5) is 4.39 Å². The van der Waals surface area contributed by atoms with E-state index in [1.807, 2.05) is 6.92 Å². The molecule has 7 nitrogen and oxygen atoms in total. The molecule has 0 aliphatic carbocycles. The Hall–Kier alpha value is -3.13. The molecule has 0 fully saturated rings. The van der Waals surface area contributed by atoms with Crippen LogP contribution in [-0.2, 0) is 0 Å². The number of carbonyl (C=O) groups excluding carboxylic acids is 1. The molecule has 1 atom stereocenters. The maximum atomic E-state index is 13.2. The first-order chi connectivity index (χ1) is 12.9. The second kappa shape index (κ2) is 7.63. The summed E-state index contributed by atoms with van der Waals surface area (Å²) in [5.74, 6) is -0.334. The first-order valence-electron chi connectivity index (χ1n) is 8.47. The van der Waals surface area contributed by atoms with Crippen molar-refractivity contribution in [3.05, 3.63) is 59.3 Å². The molecule has 0 radical (unpaired) electrons. The fraction of sp³-hybridized carbons (Fsp3) is 0.263. The Labute approximate surface area is 155 Å². The van der Waals surface area contributed by atoms with Crippen molar-refractivity contribution < 1.29 is 14.3 Å². The van der Waals surface area contributed by atoms with Crippen LogP contribution < -0.4 is 5.32 Å². The van der Waals surface area contributed by atoms with E-state index in [9.17, 15) is 9.18 Å². The molecule has 0 bridgehead atoms. The van der Waals surface area contributed by atoms with Crippen LogP contribution in [0.3, 0.4) is 0 Å². The molecule has 8 heteroatoms. The summed E-state index contributed by atoms with van der Waals surface area (Å²) in [5, 5.41) is 16.0. The minimum Gasteiger partial charge on any atom is -0.394 e. The highest BCUT2D eigenvalue weighted by Gasteiger charge is 2.18. The van der Waals surface area contributed by atoms with Crippen molar-refractivity contribution in [3.63, 3.8) is 0 Å². The summed E-state index contributed by atoms with van der Waals surface area (Å²) in [6, 6.07) is 5.70. The van der Waals surface area contributed by atoms with Crippen LogP contribution in [0.25, 0.3) is 17.2 Å². The Kier molecular flexibility index (Phi) is 5.27. The van der Waals surface area contributed by atoms with Crippen molar-refractivity contribution in [2.75, 3.05) is 6.61 Å². The smallest absolute Gasteiger partial charge is 0.255 e. The molecule has 0 saturated heterocycles. The van der Waals surface area contributed by atoms with Gasteiger partial charge in [-0.1, -0.05) is 0 Å². The highest BCUT2D eigenvalue weighted by atomic mass is 19.1. The minimum atomic E-state index is -0.360. The van der Waals surface area contributed by atoms with Gasteiger partial charge in [-0.05, 0) is 50.6 Å². The van der Waals surface area contributed by atoms with Gasteiger partial charge in [-0.25, -0.2) is 19.0 Å². The third-order valence-electron chi connectivity index (χ3n) is 4.17. The molecule has 1 amide bonds. The standard InChI is InChI=1S/C19H20FN5O2/c1-11-8-21-19(24-17(11)14-4-6-15(20)7-5-14)25-13(3)16(9-22-25)18(27)23-12(2)10-26/h4-9,12,26H,10H2,1-3H3,(H,23,27)/t12-/m1/s1. The lowest BCUT2D eigenvalue weighted by atomic mass is 10.1. The van der Waals surface area contributed by atoms with E-state index in [1.165, 1.54) is 23.0 Å². The van der Waals surface area contributed by atoms with Crippen LogP contribution in [-0.4, -0.2) is 43.4 Å². The molecule has 3 rings (SSSR count). The van der Waals surface area contributed by atoms with E-state index in [2.05, 4.69) is 20.4 Å². The van der Waals surface area contributed by atoms with Gasteiger partial charge in [0.1, 0.15) is 5.82 Å². The Morgan fingerprint density at radius 2 is 1.96 bits per heavy atom. The monoisotopic (exact) mass is 369 g/mol. The minimum absolute atomic E-state index is 0.152. The van der Waals surface area contributed by atoms with E-state index in [0.717, 1.165) is 11.1 Å². The van der Waals surface area contributed by atoms with Gasteiger partial charge in [0.15, 0.2) is 0 Å². The average Bonchev–Trinajstić information content (AvgIpc) is 3.04. The summed E-state index contributed by atoms with van der Waals surface area (Å²) in [4.78, 5) is 21.2. The number of amides is 1. The van der Waals surface area contributed by atoms with E-state index in [1.54, 1.807) is 32.2 Å². The Morgan fingerprint density at radius 3 is 2.63 bits per heavy atom. The number of carbonyl (C=O) groups is 1. The van der Waals surface area contributed by atoms with Gasteiger partial charge in [0.2, 0.25) is 0 Å². The predicted octanol–water partition coefficient (Wildman–Crippen LogP) is 2.20. The van der Waals surface area contributed by atoms with Gasteiger partial charge in [0.25, 0.3) is 11.9 Å². The number of benzene rings is 1. The lowest BCUT2D eigenvalue weighted by Crippen LogP contribution is -2.35. The molecule has 0 aliphatic heterocycles. The summed E-state index contributed by atoms with van der Waals surface area (Å²) >= 11 is 0. The lowest BCUT2D eigenvalue weighted by Gasteiger charge is -2.11. The van der Waals surface area contributed by atoms with Gasteiger partial charge in [-0.15, -0.1) is 0 Å². The molecule has 0 saturated carbocycles. The largest absolute Gasteiger partial charge is 0.394 e. The molecule has 0 aliphatic rings. The zero-order chi connectivity index (χ0) is 19.6. The summed E-state index contributed by atoms with van der Waals surface area (Å²) in [7, 11) is 0. The van der Waals surface area contributed by atoms with Crippen LogP contribution >= 0.6 is 0 Å². The molecular formula is C19H20FN5O2. The van der Waals surface area contributed by atoms with Crippen molar-refractivity contribution in [3.8, 4) is 17.2 Å². The normalized spacial score (nSPS) is 12.0. The highest BCUT2D eigenvalue weighted by Crippen LogP contribution is 2.22. The first kappa shape index (κ1) is 18.7. The van der Waals surface area contributed by atoms with Gasteiger partial charge in [0, 0.05) is 17.8 Å². The summed E-state index contributed by atoms with van der Waals surface area (Å²) < 4.78 is 14.7. The SMILES string of the molecule is Cc1cnc(-n2ncc(C(=O)N[C@H](C)CO)c2C)nc1-c1ccc(F)cc1. The number of aliphatic hydroxyl groups excluding tert-OH is 1. The number of aryl methyl sites for hydroxylation is 1. The topological polar surface area (TPSA) is 92.9 Å². The van der Waals surface area contributed by atoms with Gasteiger partial charge in [-0.2, -0.15) is 5.10 Å². The van der Waals surface area contributed by atoms with Crippen molar-refractivity contribution in [2.24, 2.45) is 0 Å². The number of aliphatic hydroxyl groups is 1. The Morgan fingerprint density at radius 1 is 1.26 bits per heavy atom. The maximum absolute atomic E-state index is 13.2. The molecule has 1 aromatic carbocycles. The zero-order valence-corrected chi connectivity index (χ0v) is 15.3. The van der Waals surface area contributed by atoms with Gasteiger partial charge < -0.3 is 10.4 Å². The quantitative estimate of drug-likeness (QED) is 0.719. The van der Waals surface area contributed by atoms with Crippen molar-refractivity contribution in [2.45, 2.75) is 26.8 Å². The zero-order valence-electron chi connectivity index (χ0n) is 15.3. The number of halogens is 1. The van der Waals surface area contributed by atoms with E-state index in [0.29, 0.717) is 22.9 Å². The van der Waals surface area contributed by atoms with E-state index >= 15 is 0 Å². The Bertz CT molecular complexity index is 969. The van der Waals surface area contributed by atoms with Crippen LogP contribution in [0.5, 0.6) is 0 Å². The average molecular weight is 369 g/mol. The number of hydrogen-bond acceptors (Lipinski definition) is 5. The van der Waals surface area contributed by atoms with Crippen molar-refractivity contribution in [1.82, 2.24) is 25.1 Å². The molecule has 2 heterocycles. The number of aromatic nitrogens is 4. The van der Waals surface area contributed by atoms with E-state index in [-0.39, 0.29) is 24.4 Å². The van der Waals surface area contributed by atoms with Crippen molar-refractivity contribution in [1.29, 1.82) is 0 Å². The van der Waals surface area contributed by atoms with Crippen molar-refractivity contribution >= 4 is 5.91 Å². The molecule has 0 unspecified atom stereocenters. The first-order valence-corrected chi connectivity index (χ1v) is 8.47. The number of rotatable bonds is 5. The summed E-state index contributed by atoms with van der Waals surface area (Å²) in [6.45, 7) is 5.16. The van der Waals surface area contributed by atoms with E-state index in [4.69, 9.17) is 5.11 Å². The van der Waals surface area contributed by atoms with Gasteiger partial charge in [-0.3, -0.25) is 4.79 Å². The van der Waals surface area contributed by atoms with Crippen LogP contribution in [0, 0.1) is 19.7 Å². The Balaban J connectivity index is 1.97. The van der Waals surface area contributed by atoms with Crippen LogP contribution in [0.2, 0.25) is 0 Å². The number of nitrogens with one attached hydrogen (secondary N) is 1. The molecule has 140 valence electrons. The second-order valence-corrected chi connectivity index (χ2v) is 6.32. The molecule has 0 spiro atoms. The van der Waals surface area contributed by atoms with E-state index < -0.39 is 0 Å². The molecular weight excluding hydrogens is 349 g/mol. The fourth-order valence-electron chi connectivity index (χ4n) is 2.62. The molecule has 2 aromatic heterocycles. The third kappa shape index (κ3) is 3.85. The van der Waals surface area contributed by atoms with Gasteiger partial charge >= 0.3 is 0 Å². The van der Waals surface area contributed by atoms with Crippen LogP contribution in [0.1, 0.15) is 28.5 Å². The lowest BCUT2D eigenvalue weighted by molar-refractivity contribution is 0.0921. The summed E-state index contributed by atoms with van der Waals surface area (Å²) in [5.41, 5.74) is 3.21.